The van der Waals surface area contributed by atoms with E-state index in [4.69, 9.17) is 4.74 Å². The van der Waals surface area contributed by atoms with Crippen molar-refractivity contribution >= 4 is 5.97 Å². The molecule has 1 heterocycles. The Morgan fingerprint density at radius 2 is 2.06 bits per heavy atom. The van der Waals surface area contributed by atoms with E-state index in [2.05, 4.69) is 20.8 Å². The van der Waals surface area contributed by atoms with Gasteiger partial charge < -0.3 is 9.84 Å². The largest absolute Gasteiger partial charge is 0.428 e. The van der Waals surface area contributed by atoms with Crippen molar-refractivity contribution in [1.82, 2.24) is 0 Å². The smallest absolute Gasteiger partial charge is 0.336 e. The summed E-state index contributed by atoms with van der Waals surface area (Å²) in [6, 6.07) is 0. The molecule has 1 saturated carbocycles. The van der Waals surface area contributed by atoms with Crippen LogP contribution in [-0.2, 0) is 9.53 Å². The molecule has 0 aromatic carbocycles. The zero-order valence-corrected chi connectivity index (χ0v) is 11.4. The average Bonchev–Trinajstić information content (AvgIpc) is 2.67. The minimum Gasteiger partial charge on any atom is -0.428 e. The second-order valence-corrected chi connectivity index (χ2v) is 7.05. The lowest BCUT2D eigenvalue weighted by Crippen LogP contribution is -2.22. The molecule has 3 heteroatoms. The molecule has 1 N–H and O–H groups in total. The van der Waals surface area contributed by atoms with Crippen LogP contribution in [0.1, 0.15) is 46.5 Å². The Bertz CT molecular complexity index is 421. The first kappa shape index (κ1) is 12.2. The van der Waals surface area contributed by atoms with Crippen molar-refractivity contribution < 1.29 is 14.6 Å². The van der Waals surface area contributed by atoms with Crippen LogP contribution in [0.25, 0.3) is 0 Å². The van der Waals surface area contributed by atoms with Crippen molar-refractivity contribution in [2.75, 3.05) is 0 Å². The summed E-state index contributed by atoms with van der Waals surface area (Å²) in [7, 11) is 0. The van der Waals surface area contributed by atoms with Crippen LogP contribution in [-0.4, -0.2) is 17.4 Å². The summed E-state index contributed by atoms with van der Waals surface area (Å²) in [5, 5.41) is 10.0. The monoisotopic (exact) mass is 250 g/mol. The number of hydrogen-bond donors (Lipinski definition) is 1. The molecule has 0 amide bonds. The van der Waals surface area contributed by atoms with E-state index in [0.29, 0.717) is 23.2 Å². The molecule has 4 atom stereocenters. The van der Waals surface area contributed by atoms with Gasteiger partial charge in [0.1, 0.15) is 0 Å². The van der Waals surface area contributed by atoms with Gasteiger partial charge in [-0.3, -0.25) is 0 Å². The highest BCUT2D eigenvalue weighted by Crippen LogP contribution is 2.55. The van der Waals surface area contributed by atoms with Gasteiger partial charge in [0.15, 0.2) is 0 Å². The van der Waals surface area contributed by atoms with Crippen LogP contribution in [0, 0.1) is 23.2 Å². The first-order valence-corrected chi connectivity index (χ1v) is 7.01. The van der Waals surface area contributed by atoms with Crippen LogP contribution in [0.15, 0.2) is 11.1 Å². The van der Waals surface area contributed by atoms with Crippen LogP contribution in [0.3, 0.4) is 0 Å². The third-order valence-electron chi connectivity index (χ3n) is 5.14. The molecule has 2 aliphatic carbocycles. The fraction of sp³-hybridized carbons (Fsp3) is 0.800. The van der Waals surface area contributed by atoms with Gasteiger partial charge >= 0.3 is 5.97 Å². The fourth-order valence-corrected chi connectivity index (χ4v) is 4.29. The summed E-state index contributed by atoms with van der Waals surface area (Å²) in [5.74, 6) is 1.28. The topological polar surface area (TPSA) is 46.5 Å². The molecular formula is C15H22O3. The van der Waals surface area contributed by atoms with Crippen LogP contribution in [0.4, 0.5) is 0 Å². The minimum absolute atomic E-state index is 0.282. The molecule has 1 fully saturated rings. The quantitative estimate of drug-likeness (QED) is 0.672. The lowest BCUT2D eigenvalue weighted by molar-refractivity contribution is -0.152. The molecule has 3 rings (SSSR count). The van der Waals surface area contributed by atoms with E-state index in [1.807, 2.05) is 0 Å². The summed E-state index contributed by atoms with van der Waals surface area (Å²) in [6.45, 7) is 6.87. The van der Waals surface area contributed by atoms with Crippen molar-refractivity contribution in [2.24, 2.45) is 23.2 Å². The van der Waals surface area contributed by atoms with Gasteiger partial charge in [-0.15, -0.1) is 0 Å². The SMILES string of the molecule is CC1CCC2=C(C(O)OC2=O)C2CC(C)(C)CC12. The summed E-state index contributed by atoms with van der Waals surface area (Å²) < 4.78 is 5.02. The van der Waals surface area contributed by atoms with E-state index >= 15 is 0 Å². The van der Waals surface area contributed by atoms with Gasteiger partial charge in [0.2, 0.25) is 6.29 Å². The van der Waals surface area contributed by atoms with Crippen LogP contribution < -0.4 is 0 Å². The molecule has 3 nitrogen and oxygen atoms in total. The van der Waals surface area contributed by atoms with E-state index in [0.717, 1.165) is 30.4 Å². The number of ether oxygens (including phenoxy) is 1. The number of carbonyl (C=O) groups is 1. The average molecular weight is 250 g/mol. The Morgan fingerprint density at radius 1 is 1.33 bits per heavy atom. The Labute approximate surface area is 108 Å². The highest BCUT2D eigenvalue weighted by molar-refractivity contribution is 5.92. The van der Waals surface area contributed by atoms with Crippen molar-refractivity contribution in [1.29, 1.82) is 0 Å². The molecule has 0 aromatic heterocycles. The number of hydrogen-bond acceptors (Lipinski definition) is 3. The zero-order chi connectivity index (χ0) is 13.1. The predicted octanol–water partition coefficient (Wildman–Crippen LogP) is 2.64. The third kappa shape index (κ3) is 1.71. The molecule has 100 valence electrons. The molecule has 3 aliphatic rings. The normalized spacial score (nSPS) is 42.3. The van der Waals surface area contributed by atoms with E-state index in [1.165, 1.54) is 6.42 Å². The van der Waals surface area contributed by atoms with Crippen LogP contribution in [0.2, 0.25) is 0 Å². The van der Waals surface area contributed by atoms with Gasteiger partial charge in [-0.2, -0.15) is 0 Å². The molecule has 18 heavy (non-hydrogen) atoms. The van der Waals surface area contributed by atoms with Gasteiger partial charge in [0.25, 0.3) is 0 Å². The maximum atomic E-state index is 11.8. The highest BCUT2D eigenvalue weighted by atomic mass is 16.6. The number of carbonyl (C=O) groups excluding carboxylic acids is 1. The Balaban J connectivity index is 2.03. The lowest BCUT2D eigenvalue weighted by atomic mass is 9.81. The Kier molecular flexibility index (Phi) is 2.60. The number of rotatable bonds is 0. The second-order valence-electron chi connectivity index (χ2n) is 7.05. The molecule has 0 bridgehead atoms. The van der Waals surface area contributed by atoms with Crippen LogP contribution in [0.5, 0.6) is 0 Å². The number of esters is 1. The van der Waals surface area contributed by atoms with Gasteiger partial charge in [0, 0.05) is 11.1 Å². The number of fused-ring (bicyclic) bond motifs is 2. The molecule has 0 spiro atoms. The van der Waals surface area contributed by atoms with E-state index in [9.17, 15) is 9.90 Å². The summed E-state index contributed by atoms with van der Waals surface area (Å²) >= 11 is 0. The molecular weight excluding hydrogens is 228 g/mol. The first-order chi connectivity index (χ1) is 8.39. The first-order valence-electron chi connectivity index (χ1n) is 7.01. The molecule has 0 aromatic rings. The van der Waals surface area contributed by atoms with Crippen molar-refractivity contribution in [3.8, 4) is 0 Å². The summed E-state index contributed by atoms with van der Waals surface area (Å²) in [6.07, 6.45) is 3.10. The zero-order valence-electron chi connectivity index (χ0n) is 11.4. The second kappa shape index (κ2) is 3.83. The van der Waals surface area contributed by atoms with Crippen molar-refractivity contribution in [3.63, 3.8) is 0 Å². The number of cyclic esters (lactones) is 1. The molecule has 4 unspecified atom stereocenters. The maximum absolute atomic E-state index is 11.8. The summed E-state index contributed by atoms with van der Waals surface area (Å²) in [5.41, 5.74) is 2.00. The minimum atomic E-state index is -0.973. The Morgan fingerprint density at radius 3 is 2.78 bits per heavy atom. The highest BCUT2D eigenvalue weighted by Gasteiger charge is 2.49. The predicted molar refractivity (Wildman–Crippen MR) is 67.5 cm³/mol. The van der Waals surface area contributed by atoms with Gasteiger partial charge in [-0.25, -0.2) is 4.79 Å². The van der Waals surface area contributed by atoms with Gasteiger partial charge in [-0.1, -0.05) is 20.8 Å². The third-order valence-corrected chi connectivity index (χ3v) is 5.14. The van der Waals surface area contributed by atoms with Crippen molar-refractivity contribution in [2.45, 2.75) is 52.7 Å². The van der Waals surface area contributed by atoms with Crippen molar-refractivity contribution in [3.05, 3.63) is 11.1 Å². The van der Waals surface area contributed by atoms with Crippen LogP contribution >= 0.6 is 0 Å². The molecule has 1 aliphatic heterocycles. The maximum Gasteiger partial charge on any atom is 0.336 e. The number of aliphatic hydroxyl groups excluding tert-OH is 1. The van der Waals surface area contributed by atoms with Gasteiger partial charge in [-0.05, 0) is 48.9 Å². The number of aliphatic hydroxyl groups is 1. The van der Waals surface area contributed by atoms with E-state index < -0.39 is 6.29 Å². The van der Waals surface area contributed by atoms with E-state index in [-0.39, 0.29) is 5.97 Å². The molecule has 0 saturated heterocycles. The molecule has 0 radical (unpaired) electrons. The Hall–Kier alpha value is -0.830. The van der Waals surface area contributed by atoms with Gasteiger partial charge in [0.05, 0.1) is 0 Å². The fourth-order valence-electron chi connectivity index (χ4n) is 4.29. The van der Waals surface area contributed by atoms with E-state index in [1.54, 1.807) is 0 Å². The summed E-state index contributed by atoms with van der Waals surface area (Å²) in [4.78, 5) is 11.8. The lowest BCUT2D eigenvalue weighted by Gasteiger charge is -2.25. The standard InChI is InChI=1S/C15H22O3/c1-8-4-5-9-12(14(17)18-13(9)16)11-7-15(2,3)6-10(8)11/h8,10-11,14,17H,4-7H2,1-3H3.